The van der Waals surface area contributed by atoms with Crippen LogP contribution in [0.4, 0.5) is 30.5 Å². The summed E-state index contributed by atoms with van der Waals surface area (Å²) in [5, 5.41) is 5.52. The predicted octanol–water partition coefficient (Wildman–Crippen LogP) is 4.59. The fraction of sp³-hybridized carbons (Fsp3) is 0.542. The van der Waals surface area contributed by atoms with Crippen LogP contribution in [0.1, 0.15) is 50.8 Å². The molecule has 1 saturated carbocycles. The number of nitrogens with one attached hydrogen (secondary N) is 2. The van der Waals surface area contributed by atoms with Crippen LogP contribution in [0, 0.1) is 5.92 Å². The van der Waals surface area contributed by atoms with Crippen molar-refractivity contribution in [1.29, 1.82) is 0 Å². The zero-order valence-electron chi connectivity index (χ0n) is 21.2. The topological polar surface area (TPSA) is 114 Å². The van der Waals surface area contributed by atoms with Crippen molar-refractivity contribution in [2.24, 2.45) is 5.92 Å². The summed E-state index contributed by atoms with van der Waals surface area (Å²) in [6, 6.07) is 4.36. The number of carbonyl (C=O) groups is 1. The molecular formula is C24H32F3N5O4S. The van der Waals surface area contributed by atoms with Gasteiger partial charge in [-0.25, -0.2) is 18.4 Å². The van der Waals surface area contributed by atoms with Crippen LogP contribution in [0.25, 0.3) is 0 Å². The molecule has 1 aliphatic carbocycles. The molecule has 2 aromatic rings. The SMILES string of the molecule is CCN([C@@H]1CCCC[C@H]1Cc1nc(Nc2ccc(NC(C)=O)c(OC)c2)ncc1C(F)(F)F)S(C)(=O)=O. The Balaban J connectivity index is 1.94. The number of sulfonamides is 1. The predicted molar refractivity (Wildman–Crippen MR) is 134 cm³/mol. The van der Waals surface area contributed by atoms with Crippen LogP contribution in [0.2, 0.25) is 0 Å². The van der Waals surface area contributed by atoms with Gasteiger partial charge in [0.15, 0.2) is 0 Å². The molecule has 9 nitrogen and oxygen atoms in total. The van der Waals surface area contributed by atoms with E-state index in [1.807, 2.05) is 0 Å². The van der Waals surface area contributed by atoms with Crippen molar-refractivity contribution < 1.29 is 31.1 Å². The number of carbonyl (C=O) groups excluding carboxylic acids is 1. The maximum Gasteiger partial charge on any atom is 0.419 e. The van der Waals surface area contributed by atoms with E-state index in [4.69, 9.17) is 4.74 Å². The number of hydrogen-bond acceptors (Lipinski definition) is 7. The number of amides is 1. The number of anilines is 3. The standard InChI is InChI=1S/C24H32F3N5O4S/c1-5-32(37(4,34)35)21-9-7-6-8-16(21)12-20-18(24(25,26)27)14-28-23(31-20)30-17-10-11-19(29-15(2)33)22(13-17)36-3/h10-11,13-14,16,21H,5-9,12H2,1-4H3,(H,29,33)(H,28,30,31)/t16-,21+/m0/s1. The second kappa shape index (κ2) is 11.6. The second-order valence-electron chi connectivity index (χ2n) is 9.06. The minimum atomic E-state index is -4.66. The summed E-state index contributed by atoms with van der Waals surface area (Å²) in [6.45, 7) is 3.33. The van der Waals surface area contributed by atoms with E-state index in [9.17, 15) is 26.4 Å². The first kappa shape index (κ1) is 28.6. The van der Waals surface area contributed by atoms with E-state index in [0.29, 0.717) is 30.0 Å². The van der Waals surface area contributed by atoms with Gasteiger partial charge in [0.1, 0.15) is 5.75 Å². The highest BCUT2D eigenvalue weighted by atomic mass is 32.2. The highest BCUT2D eigenvalue weighted by Gasteiger charge is 2.39. The molecular weight excluding hydrogens is 511 g/mol. The first-order valence-electron chi connectivity index (χ1n) is 12.0. The van der Waals surface area contributed by atoms with Crippen molar-refractivity contribution in [3.05, 3.63) is 35.7 Å². The Kier molecular flexibility index (Phi) is 9.00. The molecule has 0 saturated heterocycles. The summed E-state index contributed by atoms with van der Waals surface area (Å²) >= 11 is 0. The maximum atomic E-state index is 13.9. The number of halogens is 3. The second-order valence-corrected chi connectivity index (χ2v) is 11.0. The molecule has 0 spiro atoms. The molecule has 37 heavy (non-hydrogen) atoms. The van der Waals surface area contributed by atoms with E-state index < -0.39 is 27.8 Å². The Bertz CT molecular complexity index is 1220. The molecule has 2 atom stereocenters. The highest BCUT2D eigenvalue weighted by Crippen LogP contribution is 2.37. The van der Waals surface area contributed by atoms with Crippen LogP contribution in [0.3, 0.4) is 0 Å². The molecule has 204 valence electrons. The van der Waals surface area contributed by atoms with E-state index in [1.54, 1.807) is 25.1 Å². The Labute approximate surface area is 214 Å². The zero-order chi connectivity index (χ0) is 27.4. The molecule has 2 N–H and O–H groups in total. The van der Waals surface area contributed by atoms with E-state index in [2.05, 4.69) is 20.6 Å². The molecule has 1 aliphatic rings. The Morgan fingerprint density at radius 2 is 1.95 bits per heavy atom. The number of methoxy groups -OCH3 is 1. The third-order valence-corrected chi connectivity index (χ3v) is 7.75. The van der Waals surface area contributed by atoms with Crippen LogP contribution in [0.5, 0.6) is 5.75 Å². The molecule has 1 fully saturated rings. The third-order valence-electron chi connectivity index (χ3n) is 6.37. The van der Waals surface area contributed by atoms with Crippen LogP contribution < -0.4 is 15.4 Å². The Morgan fingerprint density at radius 1 is 1.24 bits per heavy atom. The van der Waals surface area contributed by atoms with E-state index in [0.717, 1.165) is 25.3 Å². The van der Waals surface area contributed by atoms with Crippen molar-refractivity contribution in [1.82, 2.24) is 14.3 Å². The lowest BCUT2D eigenvalue weighted by atomic mass is 9.81. The first-order valence-corrected chi connectivity index (χ1v) is 13.8. The summed E-state index contributed by atoms with van der Waals surface area (Å²) < 4.78 is 73.0. The monoisotopic (exact) mass is 543 g/mol. The number of ether oxygens (including phenoxy) is 1. The first-order chi connectivity index (χ1) is 17.3. The fourth-order valence-electron chi connectivity index (χ4n) is 4.83. The van der Waals surface area contributed by atoms with Gasteiger partial charge in [0.05, 0.1) is 30.3 Å². The molecule has 3 rings (SSSR count). The largest absolute Gasteiger partial charge is 0.494 e. The highest BCUT2D eigenvalue weighted by molar-refractivity contribution is 7.88. The Morgan fingerprint density at radius 3 is 2.54 bits per heavy atom. The molecule has 0 radical (unpaired) electrons. The average molecular weight is 544 g/mol. The van der Waals surface area contributed by atoms with Gasteiger partial charge in [-0.15, -0.1) is 0 Å². The van der Waals surface area contributed by atoms with E-state index in [-0.39, 0.29) is 36.4 Å². The molecule has 1 heterocycles. The van der Waals surface area contributed by atoms with Crippen molar-refractivity contribution in [3.63, 3.8) is 0 Å². The van der Waals surface area contributed by atoms with E-state index in [1.165, 1.54) is 18.3 Å². The van der Waals surface area contributed by atoms with Gasteiger partial charge < -0.3 is 15.4 Å². The van der Waals surface area contributed by atoms with E-state index >= 15 is 0 Å². The Hall–Kier alpha value is -2.93. The number of alkyl halides is 3. The number of hydrogen-bond donors (Lipinski definition) is 2. The van der Waals surface area contributed by atoms with Crippen LogP contribution >= 0.6 is 0 Å². The van der Waals surface area contributed by atoms with Crippen LogP contribution in [-0.4, -0.2) is 54.6 Å². The van der Waals surface area contributed by atoms with Gasteiger partial charge in [-0.3, -0.25) is 4.79 Å². The van der Waals surface area contributed by atoms with Crippen molar-refractivity contribution in [2.75, 3.05) is 30.5 Å². The molecule has 0 unspecified atom stereocenters. The third kappa shape index (κ3) is 7.31. The molecule has 0 bridgehead atoms. The van der Waals surface area contributed by atoms with Gasteiger partial charge in [0, 0.05) is 37.5 Å². The number of benzene rings is 1. The fourth-order valence-corrected chi connectivity index (χ4v) is 6.07. The molecule has 1 aromatic heterocycles. The van der Waals surface area contributed by atoms with Crippen molar-refractivity contribution in [2.45, 2.75) is 58.2 Å². The van der Waals surface area contributed by atoms with Gasteiger partial charge in [0.25, 0.3) is 0 Å². The van der Waals surface area contributed by atoms with Crippen molar-refractivity contribution >= 4 is 33.3 Å². The lowest BCUT2D eigenvalue weighted by Gasteiger charge is -2.38. The maximum absolute atomic E-state index is 13.9. The zero-order valence-corrected chi connectivity index (χ0v) is 22.0. The molecule has 1 amide bonds. The average Bonchev–Trinajstić information content (AvgIpc) is 2.80. The van der Waals surface area contributed by atoms with Gasteiger partial charge >= 0.3 is 6.18 Å². The molecule has 0 aliphatic heterocycles. The van der Waals surface area contributed by atoms with Gasteiger partial charge in [-0.2, -0.15) is 17.5 Å². The smallest absolute Gasteiger partial charge is 0.419 e. The number of nitrogens with zero attached hydrogens (tertiary/aromatic N) is 3. The summed E-state index contributed by atoms with van der Waals surface area (Å²) in [5.74, 6) is -0.296. The van der Waals surface area contributed by atoms with Crippen LogP contribution in [0.15, 0.2) is 24.4 Å². The quantitative estimate of drug-likeness (QED) is 0.476. The molecule has 13 heteroatoms. The lowest BCUT2D eigenvalue weighted by Crippen LogP contribution is -2.46. The lowest BCUT2D eigenvalue weighted by molar-refractivity contribution is -0.138. The van der Waals surface area contributed by atoms with Crippen molar-refractivity contribution in [3.8, 4) is 5.75 Å². The summed E-state index contributed by atoms with van der Waals surface area (Å²) in [5.41, 5.74) is -0.248. The number of rotatable bonds is 9. The summed E-state index contributed by atoms with van der Waals surface area (Å²) in [7, 11) is -2.09. The summed E-state index contributed by atoms with van der Waals surface area (Å²) in [6.07, 6.45) is -0.0180. The van der Waals surface area contributed by atoms with Gasteiger partial charge in [-0.1, -0.05) is 19.8 Å². The van der Waals surface area contributed by atoms with Gasteiger partial charge in [-0.05, 0) is 37.3 Å². The van der Waals surface area contributed by atoms with Crippen LogP contribution in [-0.2, 0) is 27.4 Å². The minimum absolute atomic E-state index is 0.0342. The molecule has 1 aromatic carbocycles. The minimum Gasteiger partial charge on any atom is -0.494 e. The van der Waals surface area contributed by atoms with Gasteiger partial charge in [0.2, 0.25) is 21.9 Å². The normalized spacial score (nSPS) is 18.5. The summed E-state index contributed by atoms with van der Waals surface area (Å²) in [4.78, 5) is 19.5. The number of aromatic nitrogens is 2.